The van der Waals surface area contributed by atoms with Gasteiger partial charge in [0, 0.05) is 26.6 Å². The number of halogens is 5. The van der Waals surface area contributed by atoms with Gasteiger partial charge in [-0.2, -0.15) is 0 Å². The Morgan fingerprint density at radius 1 is 1.15 bits per heavy atom. The van der Waals surface area contributed by atoms with Gasteiger partial charge in [0.05, 0.1) is 0 Å². The Balaban J connectivity index is 2.22. The number of hydrogen-bond acceptors (Lipinski definition) is 4. The second-order valence-corrected chi connectivity index (χ2v) is 8.82. The molecule has 0 fully saturated rings. The van der Waals surface area contributed by atoms with Crippen molar-refractivity contribution in [3.05, 3.63) is 51.9 Å². The van der Waals surface area contributed by atoms with Crippen molar-refractivity contribution in [3.63, 3.8) is 0 Å². The number of nitrogens with one attached hydrogen (secondary N) is 1. The smallest absolute Gasteiger partial charge is 0.310 e. The molecule has 1 atom stereocenters. The maximum atomic E-state index is 12.8. The van der Waals surface area contributed by atoms with Crippen molar-refractivity contribution >= 4 is 22.0 Å². The van der Waals surface area contributed by atoms with Crippen LogP contribution in [0.4, 0.5) is 25.4 Å². The van der Waals surface area contributed by atoms with Gasteiger partial charge in [0.1, 0.15) is 10.6 Å². The number of benzene rings is 1. The number of carbonyl (C=O) groups is 1. The molecule has 11 heteroatoms. The summed E-state index contributed by atoms with van der Waals surface area (Å²) < 4.78 is 63.8. The molecule has 2 rings (SSSR count). The van der Waals surface area contributed by atoms with E-state index in [9.17, 15) is 29.0 Å². The molecule has 150 valence electrons. The normalized spacial score (nSPS) is 15.6. The number of hydrogen-bond donors (Lipinski definition) is 1. The average molecular weight is 411 g/mol. The number of aromatic amines is 1. The number of carbonyl (C=O) groups excluding carboxylic acids is 1. The Kier molecular flexibility index (Phi) is 4.67. The van der Waals surface area contributed by atoms with Gasteiger partial charge in [0.2, 0.25) is 5.95 Å². The van der Waals surface area contributed by atoms with Crippen molar-refractivity contribution in [2.45, 2.75) is 24.2 Å². The van der Waals surface area contributed by atoms with Gasteiger partial charge in [-0.25, -0.2) is 4.98 Å². The van der Waals surface area contributed by atoms with Crippen LogP contribution in [0.1, 0.15) is 35.3 Å². The van der Waals surface area contributed by atoms with Crippen molar-refractivity contribution in [3.8, 4) is 0 Å². The Morgan fingerprint density at radius 3 is 2.19 bits per heavy atom. The first kappa shape index (κ1) is 20.9. The summed E-state index contributed by atoms with van der Waals surface area (Å²) in [6, 6.07) is 3.49. The predicted molar refractivity (Wildman–Crippen MR) is 94.4 cm³/mol. The summed E-state index contributed by atoms with van der Waals surface area (Å²) in [7, 11) is -6.49. The average Bonchev–Trinajstić information content (AvgIpc) is 2.52. The van der Waals surface area contributed by atoms with Crippen molar-refractivity contribution in [2.75, 3.05) is 19.0 Å². The van der Waals surface area contributed by atoms with Crippen LogP contribution in [0.5, 0.6) is 0 Å². The molecule has 1 aromatic heterocycles. The Bertz CT molecular complexity index is 924. The molecule has 2 aromatic rings. The minimum atomic E-state index is -9.73. The van der Waals surface area contributed by atoms with Crippen LogP contribution in [-0.4, -0.2) is 29.8 Å². The van der Waals surface area contributed by atoms with E-state index < -0.39 is 32.4 Å². The molecule has 1 N–H and O–H groups in total. The zero-order valence-corrected chi connectivity index (χ0v) is 15.5. The SMILES string of the molecule is C[C@@H](CC(=O)c1cc(=O)[nH]c(N(C)C)n1)c1ccc(S(F)(F)(F)(F)F)cc1. The predicted octanol–water partition coefficient (Wildman–Crippen LogP) is 4.87. The Hall–Kier alpha value is -2.43. The van der Waals surface area contributed by atoms with Gasteiger partial charge in [-0.15, -0.1) is 0 Å². The van der Waals surface area contributed by atoms with Gasteiger partial charge in [-0.1, -0.05) is 38.5 Å². The van der Waals surface area contributed by atoms with Crippen LogP contribution in [0, 0.1) is 0 Å². The summed E-state index contributed by atoms with van der Waals surface area (Å²) >= 11 is 0. The molecule has 0 unspecified atom stereocenters. The van der Waals surface area contributed by atoms with E-state index in [2.05, 4.69) is 9.97 Å². The summed E-state index contributed by atoms with van der Waals surface area (Å²) in [6.45, 7) is 1.56. The molecular formula is C16H18F5N3O2S. The Morgan fingerprint density at radius 2 is 1.70 bits per heavy atom. The fourth-order valence-electron chi connectivity index (χ4n) is 2.35. The van der Waals surface area contributed by atoms with E-state index in [4.69, 9.17) is 0 Å². The lowest BCUT2D eigenvalue weighted by Crippen LogP contribution is -2.21. The third-order valence-electron chi connectivity index (χ3n) is 3.82. The fraction of sp³-hybridized carbons (Fsp3) is 0.312. The molecule has 1 heterocycles. The minimum absolute atomic E-state index is 0.0852. The van der Waals surface area contributed by atoms with E-state index in [-0.39, 0.29) is 23.6 Å². The first-order chi connectivity index (χ1) is 12.1. The standard InChI is InChI=1S/C16H18F5N3O2S/c1-10(11-4-6-12(7-5-11)27(17,18,19,20)21)8-14(25)13-9-15(26)23-16(22-13)24(2)3/h4-7,9-10H,8H2,1-3H3,(H,22,23,26)/t10-/m0/s1. The van der Waals surface area contributed by atoms with Gasteiger partial charge in [-0.05, 0) is 23.6 Å². The van der Waals surface area contributed by atoms with Gasteiger partial charge in [0.15, 0.2) is 5.78 Å². The van der Waals surface area contributed by atoms with Crippen molar-refractivity contribution in [2.24, 2.45) is 0 Å². The van der Waals surface area contributed by atoms with Gasteiger partial charge in [0.25, 0.3) is 5.56 Å². The number of H-pyrrole nitrogens is 1. The number of rotatable bonds is 6. The van der Waals surface area contributed by atoms with Crippen LogP contribution in [0.25, 0.3) is 0 Å². The first-order valence-electron chi connectivity index (χ1n) is 7.73. The summed E-state index contributed by atoms with van der Waals surface area (Å²) in [5.41, 5.74) is -0.325. The topological polar surface area (TPSA) is 66.1 Å². The number of ketones is 1. The maximum Gasteiger partial charge on any atom is 0.310 e. The minimum Gasteiger partial charge on any atom is -0.348 e. The number of anilines is 1. The molecule has 0 saturated heterocycles. The van der Waals surface area contributed by atoms with Gasteiger partial charge in [-0.3, -0.25) is 14.6 Å². The lowest BCUT2D eigenvalue weighted by atomic mass is 9.95. The van der Waals surface area contributed by atoms with E-state index in [0.29, 0.717) is 12.1 Å². The molecule has 0 amide bonds. The van der Waals surface area contributed by atoms with E-state index in [1.807, 2.05) is 0 Å². The lowest BCUT2D eigenvalue weighted by Gasteiger charge is -2.40. The molecule has 27 heavy (non-hydrogen) atoms. The zero-order valence-electron chi connectivity index (χ0n) is 14.7. The van der Waals surface area contributed by atoms with Crippen LogP contribution in [0.15, 0.2) is 40.0 Å². The van der Waals surface area contributed by atoms with Crippen LogP contribution >= 0.6 is 10.2 Å². The van der Waals surface area contributed by atoms with E-state index in [1.165, 1.54) is 4.90 Å². The molecule has 0 radical (unpaired) electrons. The third kappa shape index (κ3) is 5.28. The molecule has 5 nitrogen and oxygen atoms in total. The number of nitrogens with zero attached hydrogens (tertiary/aromatic N) is 2. The third-order valence-corrected chi connectivity index (χ3v) is 4.99. The quantitative estimate of drug-likeness (QED) is 0.544. The van der Waals surface area contributed by atoms with E-state index >= 15 is 0 Å². The summed E-state index contributed by atoms with van der Waals surface area (Å²) in [4.78, 5) is 30.0. The largest absolute Gasteiger partial charge is 0.348 e. The highest BCUT2D eigenvalue weighted by molar-refractivity contribution is 8.45. The first-order valence-corrected chi connectivity index (χ1v) is 9.68. The van der Waals surface area contributed by atoms with Gasteiger partial charge >= 0.3 is 10.2 Å². The summed E-state index contributed by atoms with van der Waals surface area (Å²) in [5, 5.41) is 0. The van der Waals surface area contributed by atoms with Crippen LogP contribution < -0.4 is 10.5 Å². The summed E-state index contributed by atoms with van der Waals surface area (Å²) in [5.74, 6) is -0.874. The Labute approximate surface area is 152 Å². The maximum absolute atomic E-state index is 12.8. The van der Waals surface area contributed by atoms with Crippen LogP contribution in [0.3, 0.4) is 0 Å². The molecule has 0 bridgehead atoms. The fourth-order valence-corrected chi connectivity index (χ4v) is 3.00. The number of Topliss-reactive ketones (excluding diaryl/α,β-unsaturated/α-hetero) is 1. The zero-order chi connectivity index (χ0) is 20.7. The van der Waals surface area contributed by atoms with Crippen molar-refractivity contribution in [1.82, 2.24) is 9.97 Å². The summed E-state index contributed by atoms with van der Waals surface area (Å²) in [6.07, 6.45) is -0.154. The second-order valence-electron chi connectivity index (χ2n) is 6.42. The van der Waals surface area contributed by atoms with Crippen LogP contribution in [-0.2, 0) is 0 Å². The molecule has 0 saturated carbocycles. The van der Waals surface area contributed by atoms with E-state index in [1.54, 1.807) is 21.0 Å². The highest BCUT2D eigenvalue weighted by atomic mass is 32.5. The highest BCUT2D eigenvalue weighted by Gasteiger charge is 2.65. The molecule has 0 aliphatic carbocycles. The molecule has 0 aliphatic rings. The lowest BCUT2D eigenvalue weighted by molar-refractivity contribution is 0.0970. The van der Waals surface area contributed by atoms with Gasteiger partial charge < -0.3 is 4.90 Å². The monoisotopic (exact) mass is 411 g/mol. The van der Waals surface area contributed by atoms with Crippen LogP contribution in [0.2, 0.25) is 0 Å². The highest BCUT2D eigenvalue weighted by Crippen LogP contribution is 3.02. The number of aromatic nitrogens is 2. The second kappa shape index (κ2) is 6.04. The van der Waals surface area contributed by atoms with Crippen molar-refractivity contribution in [1.29, 1.82) is 0 Å². The molecule has 0 spiro atoms. The van der Waals surface area contributed by atoms with E-state index in [0.717, 1.165) is 18.2 Å². The molecule has 1 aromatic carbocycles. The molecule has 0 aliphatic heterocycles. The van der Waals surface area contributed by atoms with Crippen molar-refractivity contribution < 1.29 is 24.2 Å². The molecular weight excluding hydrogens is 393 g/mol.